The minimum atomic E-state index is -0.527. The fraction of sp³-hybridized carbons (Fsp3) is 0.286. The number of para-hydroxylation sites is 1. The molecule has 0 saturated heterocycles. The molecular weight excluding hydrogens is 352 g/mol. The van der Waals surface area contributed by atoms with Gasteiger partial charge in [-0.25, -0.2) is 9.48 Å². The maximum atomic E-state index is 11.9. The van der Waals surface area contributed by atoms with Gasteiger partial charge in [-0.1, -0.05) is 41.3 Å². The highest BCUT2D eigenvalue weighted by Gasteiger charge is 2.19. The van der Waals surface area contributed by atoms with Crippen LogP contribution in [-0.4, -0.2) is 34.0 Å². The number of aryl methyl sites for hydroxylation is 1. The molecule has 0 radical (unpaired) electrons. The van der Waals surface area contributed by atoms with E-state index in [-0.39, 0.29) is 5.91 Å². The van der Waals surface area contributed by atoms with Gasteiger partial charge >= 0.3 is 6.03 Å². The van der Waals surface area contributed by atoms with E-state index in [4.69, 9.17) is 12.2 Å². The first-order valence-electron chi connectivity index (χ1n) is 6.77. The van der Waals surface area contributed by atoms with E-state index in [0.717, 1.165) is 11.3 Å². The summed E-state index contributed by atoms with van der Waals surface area (Å²) in [6, 6.07) is 7.29. The average Bonchev–Trinajstić information content (AvgIpc) is 2.87. The highest BCUT2D eigenvalue weighted by Crippen LogP contribution is 2.28. The smallest absolute Gasteiger partial charge is 0.321 e. The molecule has 0 saturated carbocycles. The van der Waals surface area contributed by atoms with Crippen molar-refractivity contribution in [2.75, 3.05) is 7.05 Å². The molecule has 0 aliphatic rings. The lowest BCUT2D eigenvalue weighted by Crippen LogP contribution is -2.41. The number of carbonyl (C=O) groups excluding carboxylic acids is 2. The van der Waals surface area contributed by atoms with Gasteiger partial charge in [0.25, 0.3) is 0 Å². The fourth-order valence-electron chi connectivity index (χ4n) is 1.74. The van der Waals surface area contributed by atoms with Gasteiger partial charge in [-0.15, -0.1) is 5.10 Å². The number of thioether (sulfide) groups is 1. The van der Waals surface area contributed by atoms with Gasteiger partial charge in [0, 0.05) is 7.05 Å². The SMILES string of the molecule is CNC(=O)NC(=O)[C@@H](C)Sc1nn(-c2ccccc2C)c(=S)s1. The number of hydrogen-bond acceptors (Lipinski definition) is 6. The lowest BCUT2D eigenvalue weighted by Gasteiger charge is -2.08. The standard InChI is InChI=1S/C14H16N4O2S3/c1-8-6-4-5-7-10(8)18-14(21)23-13(17-18)22-9(2)11(19)16-12(20)15-3/h4-7,9H,1-3H3,(H2,15,16,19,20)/t9-/m1/s1. The van der Waals surface area contributed by atoms with E-state index in [2.05, 4.69) is 15.7 Å². The van der Waals surface area contributed by atoms with Crippen molar-refractivity contribution in [3.8, 4) is 5.69 Å². The molecule has 0 bridgehead atoms. The number of hydrogen-bond donors (Lipinski definition) is 2. The largest absolute Gasteiger partial charge is 0.341 e. The summed E-state index contributed by atoms with van der Waals surface area (Å²) in [6.07, 6.45) is 0. The second-order valence-corrected chi connectivity index (χ2v) is 7.87. The molecule has 2 rings (SSSR count). The summed E-state index contributed by atoms with van der Waals surface area (Å²) in [5, 5.41) is 8.60. The topological polar surface area (TPSA) is 76.0 Å². The van der Waals surface area contributed by atoms with Crippen LogP contribution in [0.15, 0.2) is 28.6 Å². The van der Waals surface area contributed by atoms with Gasteiger partial charge in [-0.3, -0.25) is 10.1 Å². The van der Waals surface area contributed by atoms with E-state index in [1.807, 2.05) is 31.2 Å². The molecule has 1 aromatic heterocycles. The van der Waals surface area contributed by atoms with Gasteiger partial charge in [0.15, 0.2) is 8.29 Å². The van der Waals surface area contributed by atoms with Crippen molar-refractivity contribution >= 4 is 47.3 Å². The molecular formula is C14H16N4O2S3. The average molecular weight is 369 g/mol. The molecule has 23 heavy (non-hydrogen) atoms. The van der Waals surface area contributed by atoms with Crippen LogP contribution in [0.5, 0.6) is 0 Å². The number of amides is 3. The summed E-state index contributed by atoms with van der Waals surface area (Å²) >= 11 is 7.97. The second-order valence-electron chi connectivity index (χ2n) is 4.66. The Kier molecular flexibility index (Phi) is 5.91. The van der Waals surface area contributed by atoms with Crippen LogP contribution >= 0.6 is 35.3 Å². The second kappa shape index (κ2) is 7.71. The third kappa shape index (κ3) is 4.40. The highest BCUT2D eigenvalue weighted by atomic mass is 32.2. The molecule has 9 heteroatoms. The fourth-order valence-corrected chi connectivity index (χ4v) is 4.23. The lowest BCUT2D eigenvalue weighted by atomic mass is 10.2. The Labute approximate surface area is 147 Å². The number of nitrogens with one attached hydrogen (secondary N) is 2. The van der Waals surface area contributed by atoms with Crippen molar-refractivity contribution in [3.05, 3.63) is 33.8 Å². The lowest BCUT2D eigenvalue weighted by molar-refractivity contribution is -0.119. The van der Waals surface area contributed by atoms with Crippen LogP contribution in [0.3, 0.4) is 0 Å². The van der Waals surface area contributed by atoms with Crippen LogP contribution in [0, 0.1) is 10.9 Å². The summed E-state index contributed by atoms with van der Waals surface area (Å²) in [5.74, 6) is -0.377. The number of carbonyl (C=O) groups is 2. The predicted molar refractivity (Wildman–Crippen MR) is 94.9 cm³/mol. The minimum Gasteiger partial charge on any atom is -0.341 e. The number of urea groups is 1. The Morgan fingerprint density at radius 2 is 2.09 bits per heavy atom. The first-order valence-corrected chi connectivity index (χ1v) is 8.88. The van der Waals surface area contributed by atoms with Gasteiger partial charge in [-0.2, -0.15) is 0 Å². The molecule has 0 fully saturated rings. The molecule has 3 amide bonds. The summed E-state index contributed by atoms with van der Waals surface area (Å²) in [7, 11) is 1.45. The van der Waals surface area contributed by atoms with Crippen molar-refractivity contribution in [1.82, 2.24) is 20.4 Å². The van der Waals surface area contributed by atoms with Crippen molar-refractivity contribution < 1.29 is 9.59 Å². The van der Waals surface area contributed by atoms with Crippen LogP contribution in [0.25, 0.3) is 5.69 Å². The monoisotopic (exact) mass is 368 g/mol. The molecule has 0 spiro atoms. The quantitative estimate of drug-likeness (QED) is 0.641. The summed E-state index contributed by atoms with van der Waals surface area (Å²) in [6.45, 7) is 3.70. The van der Waals surface area contributed by atoms with Crippen LogP contribution in [-0.2, 0) is 4.79 Å². The van der Waals surface area contributed by atoms with Gasteiger partial charge in [-0.05, 0) is 37.7 Å². The Morgan fingerprint density at radius 3 is 2.74 bits per heavy atom. The first kappa shape index (κ1) is 17.6. The molecule has 2 N–H and O–H groups in total. The third-order valence-electron chi connectivity index (χ3n) is 2.98. The zero-order valence-corrected chi connectivity index (χ0v) is 15.3. The number of nitrogens with zero attached hydrogens (tertiary/aromatic N) is 2. The maximum Gasteiger partial charge on any atom is 0.321 e. The molecule has 1 heterocycles. The Hall–Kier alpha value is -1.71. The third-order valence-corrected chi connectivity index (χ3v) is 5.40. The van der Waals surface area contributed by atoms with Gasteiger partial charge in [0.1, 0.15) is 0 Å². The van der Waals surface area contributed by atoms with Gasteiger partial charge < -0.3 is 5.32 Å². The van der Waals surface area contributed by atoms with Crippen LogP contribution in [0.4, 0.5) is 4.79 Å². The van der Waals surface area contributed by atoms with Gasteiger partial charge in [0.05, 0.1) is 10.9 Å². The van der Waals surface area contributed by atoms with Crippen molar-refractivity contribution in [2.45, 2.75) is 23.4 Å². The van der Waals surface area contributed by atoms with Crippen LogP contribution < -0.4 is 10.6 Å². The zero-order chi connectivity index (χ0) is 17.0. The van der Waals surface area contributed by atoms with Gasteiger partial charge in [0.2, 0.25) is 5.91 Å². The number of rotatable bonds is 4. The van der Waals surface area contributed by atoms with Crippen molar-refractivity contribution in [1.29, 1.82) is 0 Å². The minimum absolute atomic E-state index is 0.377. The summed E-state index contributed by atoms with van der Waals surface area (Å²) < 4.78 is 2.99. The molecule has 1 atom stereocenters. The molecule has 6 nitrogen and oxygen atoms in total. The molecule has 0 aliphatic carbocycles. The van der Waals surface area contributed by atoms with E-state index < -0.39 is 11.3 Å². The number of aromatic nitrogens is 2. The normalized spacial score (nSPS) is 11.8. The van der Waals surface area contributed by atoms with E-state index in [1.54, 1.807) is 11.6 Å². The molecule has 2 aromatic rings. The van der Waals surface area contributed by atoms with E-state index in [9.17, 15) is 9.59 Å². The van der Waals surface area contributed by atoms with Crippen LogP contribution in [0.1, 0.15) is 12.5 Å². The number of imide groups is 1. The van der Waals surface area contributed by atoms with Crippen molar-refractivity contribution in [3.63, 3.8) is 0 Å². The Bertz CT molecular complexity index is 784. The van der Waals surface area contributed by atoms with E-state index >= 15 is 0 Å². The Morgan fingerprint density at radius 1 is 1.39 bits per heavy atom. The van der Waals surface area contributed by atoms with Crippen LogP contribution in [0.2, 0.25) is 0 Å². The molecule has 122 valence electrons. The molecule has 1 aromatic carbocycles. The zero-order valence-electron chi connectivity index (χ0n) is 12.8. The van der Waals surface area contributed by atoms with Crippen molar-refractivity contribution in [2.24, 2.45) is 0 Å². The first-order chi connectivity index (χ1) is 10.9. The summed E-state index contributed by atoms with van der Waals surface area (Å²) in [5.41, 5.74) is 1.99. The molecule has 0 aliphatic heterocycles. The highest BCUT2D eigenvalue weighted by molar-refractivity contribution is 8.02. The Balaban J connectivity index is 2.16. The number of benzene rings is 1. The predicted octanol–water partition coefficient (Wildman–Crippen LogP) is 2.91. The summed E-state index contributed by atoms with van der Waals surface area (Å²) in [4.78, 5) is 23.1. The maximum absolute atomic E-state index is 11.9. The van der Waals surface area contributed by atoms with E-state index in [1.165, 1.54) is 30.1 Å². The van der Waals surface area contributed by atoms with E-state index in [0.29, 0.717) is 8.29 Å². The molecule has 0 unspecified atom stereocenters.